The molecule has 0 aliphatic rings. The van der Waals surface area contributed by atoms with Gasteiger partial charge in [0.05, 0.1) is 11.4 Å². The summed E-state index contributed by atoms with van der Waals surface area (Å²) in [5.41, 5.74) is 6.24. The quantitative estimate of drug-likeness (QED) is 0.869. The van der Waals surface area contributed by atoms with Gasteiger partial charge in [-0.15, -0.1) is 0 Å². The average Bonchev–Trinajstić information content (AvgIpc) is 2.40. The molecule has 0 saturated heterocycles. The number of pyridine rings is 2. The van der Waals surface area contributed by atoms with E-state index in [1.807, 2.05) is 26.2 Å². The molecule has 94 valence electrons. The number of aromatic nitrogens is 2. The van der Waals surface area contributed by atoms with Gasteiger partial charge >= 0.3 is 0 Å². The molecule has 0 radical (unpaired) electrons. The number of rotatable bonds is 3. The van der Waals surface area contributed by atoms with Crippen molar-refractivity contribution >= 4 is 11.4 Å². The smallest absolute Gasteiger partial charge is 0.0939 e. The van der Waals surface area contributed by atoms with E-state index in [0.717, 1.165) is 33.9 Å². The molecule has 2 aromatic heterocycles. The van der Waals surface area contributed by atoms with Crippen LogP contribution in [0.3, 0.4) is 0 Å². The Balaban J connectivity index is 2.62. The Morgan fingerprint density at radius 1 is 0.778 bits per heavy atom. The summed E-state index contributed by atoms with van der Waals surface area (Å²) in [6, 6.07) is 3.94. The molecule has 2 N–H and O–H groups in total. The van der Waals surface area contributed by atoms with Crippen molar-refractivity contribution in [3.63, 3.8) is 0 Å². The Kier molecular flexibility index (Phi) is 3.46. The third-order valence-electron chi connectivity index (χ3n) is 3.17. The second kappa shape index (κ2) is 5.04. The van der Waals surface area contributed by atoms with E-state index >= 15 is 0 Å². The van der Waals surface area contributed by atoms with Crippen LogP contribution in [0.4, 0.5) is 11.4 Å². The molecule has 18 heavy (non-hydrogen) atoms. The molecular formula is C14H18N4. The summed E-state index contributed by atoms with van der Waals surface area (Å²) in [4.78, 5) is 8.93. The average molecular weight is 242 g/mol. The van der Waals surface area contributed by atoms with Crippen LogP contribution in [0.25, 0.3) is 11.4 Å². The summed E-state index contributed by atoms with van der Waals surface area (Å²) in [7, 11) is 3.83. The summed E-state index contributed by atoms with van der Waals surface area (Å²) < 4.78 is 0. The maximum Gasteiger partial charge on any atom is 0.0939 e. The number of anilines is 2. The number of hydrogen-bond acceptors (Lipinski definition) is 4. The van der Waals surface area contributed by atoms with Crippen molar-refractivity contribution in [2.75, 3.05) is 24.7 Å². The molecule has 0 aromatic carbocycles. The predicted molar refractivity (Wildman–Crippen MR) is 76.0 cm³/mol. The van der Waals surface area contributed by atoms with Crippen LogP contribution in [0.2, 0.25) is 0 Å². The van der Waals surface area contributed by atoms with Crippen LogP contribution in [-0.2, 0) is 0 Å². The molecule has 0 unspecified atom stereocenters. The van der Waals surface area contributed by atoms with E-state index in [-0.39, 0.29) is 0 Å². The molecule has 0 aliphatic carbocycles. The molecule has 0 fully saturated rings. The van der Waals surface area contributed by atoms with Gasteiger partial charge in [0.1, 0.15) is 0 Å². The minimum absolute atomic E-state index is 0.927. The fourth-order valence-electron chi connectivity index (χ4n) is 2.09. The zero-order valence-corrected chi connectivity index (χ0v) is 11.2. The van der Waals surface area contributed by atoms with E-state index in [4.69, 9.17) is 0 Å². The van der Waals surface area contributed by atoms with Crippen molar-refractivity contribution in [3.05, 3.63) is 35.7 Å². The van der Waals surface area contributed by atoms with Crippen molar-refractivity contribution in [3.8, 4) is 11.4 Å². The van der Waals surface area contributed by atoms with Crippen LogP contribution in [0.15, 0.2) is 24.5 Å². The molecule has 0 amide bonds. The van der Waals surface area contributed by atoms with E-state index < -0.39 is 0 Å². The van der Waals surface area contributed by atoms with Gasteiger partial charge in [-0.2, -0.15) is 0 Å². The van der Waals surface area contributed by atoms with Gasteiger partial charge in [-0.25, -0.2) is 0 Å². The van der Waals surface area contributed by atoms with Crippen molar-refractivity contribution in [2.24, 2.45) is 0 Å². The van der Waals surface area contributed by atoms with Crippen LogP contribution < -0.4 is 10.6 Å². The molecule has 4 heteroatoms. The van der Waals surface area contributed by atoms with Crippen LogP contribution in [0.5, 0.6) is 0 Å². The van der Waals surface area contributed by atoms with Crippen LogP contribution >= 0.6 is 0 Å². The lowest BCUT2D eigenvalue weighted by Gasteiger charge is -2.13. The first-order valence-corrected chi connectivity index (χ1v) is 5.96. The van der Waals surface area contributed by atoms with E-state index in [1.165, 1.54) is 0 Å². The Morgan fingerprint density at radius 2 is 1.17 bits per heavy atom. The Morgan fingerprint density at radius 3 is 1.50 bits per heavy atom. The molecule has 4 nitrogen and oxygen atoms in total. The highest BCUT2D eigenvalue weighted by atomic mass is 14.9. The molecule has 2 rings (SSSR count). The van der Waals surface area contributed by atoms with Crippen LogP contribution in [-0.4, -0.2) is 24.1 Å². The second-order valence-electron chi connectivity index (χ2n) is 4.16. The molecule has 0 atom stereocenters. The lowest BCUT2D eigenvalue weighted by atomic mass is 10.1. The second-order valence-corrected chi connectivity index (χ2v) is 4.16. The molecule has 0 bridgehead atoms. The van der Waals surface area contributed by atoms with E-state index in [0.29, 0.717) is 0 Å². The third-order valence-corrected chi connectivity index (χ3v) is 3.17. The first-order valence-electron chi connectivity index (χ1n) is 5.96. The van der Waals surface area contributed by atoms with Gasteiger partial charge < -0.3 is 10.6 Å². The summed E-state index contributed by atoms with van der Waals surface area (Å²) >= 11 is 0. The van der Waals surface area contributed by atoms with Gasteiger partial charge in [-0.3, -0.25) is 9.97 Å². The SMILES string of the molecule is CNc1ccnc(-c2nccc(NC)c2C)c1C. The van der Waals surface area contributed by atoms with E-state index in [9.17, 15) is 0 Å². The van der Waals surface area contributed by atoms with Crippen molar-refractivity contribution in [1.82, 2.24) is 9.97 Å². The molecule has 0 spiro atoms. The summed E-state index contributed by atoms with van der Waals surface area (Å²) in [6.45, 7) is 4.11. The molecule has 0 aliphatic heterocycles. The number of nitrogens with one attached hydrogen (secondary N) is 2. The Labute approximate surface area is 107 Å². The Bertz CT molecular complexity index is 512. The minimum Gasteiger partial charge on any atom is -0.388 e. The van der Waals surface area contributed by atoms with Gasteiger partial charge in [-0.1, -0.05) is 0 Å². The maximum atomic E-state index is 4.46. The summed E-state index contributed by atoms with van der Waals surface area (Å²) in [6.07, 6.45) is 3.61. The lowest BCUT2D eigenvalue weighted by Crippen LogP contribution is -2.01. The van der Waals surface area contributed by atoms with E-state index in [1.54, 1.807) is 12.4 Å². The zero-order valence-electron chi connectivity index (χ0n) is 11.2. The standard InChI is InChI=1S/C14H18N4/c1-9-11(15-3)5-7-17-13(9)14-10(2)12(16-4)6-8-18-14/h5-8H,1-4H3,(H,15,17)(H,16,18). The lowest BCUT2D eigenvalue weighted by molar-refractivity contribution is 1.18. The molecule has 0 saturated carbocycles. The largest absolute Gasteiger partial charge is 0.388 e. The topological polar surface area (TPSA) is 49.8 Å². The first kappa shape index (κ1) is 12.4. The van der Waals surface area contributed by atoms with E-state index in [2.05, 4.69) is 34.4 Å². The van der Waals surface area contributed by atoms with Gasteiger partial charge in [0.2, 0.25) is 0 Å². The third kappa shape index (κ3) is 2.01. The summed E-state index contributed by atoms with van der Waals surface area (Å²) in [5, 5.41) is 6.34. The number of nitrogens with zero attached hydrogens (tertiary/aromatic N) is 2. The predicted octanol–water partition coefficient (Wildman–Crippen LogP) is 2.84. The summed E-state index contributed by atoms with van der Waals surface area (Å²) in [5.74, 6) is 0. The van der Waals surface area contributed by atoms with Gasteiger partial charge in [0.25, 0.3) is 0 Å². The highest BCUT2D eigenvalue weighted by molar-refractivity contribution is 5.73. The van der Waals surface area contributed by atoms with Crippen molar-refractivity contribution < 1.29 is 0 Å². The molecule has 2 heterocycles. The van der Waals surface area contributed by atoms with Gasteiger partial charge in [0.15, 0.2) is 0 Å². The fourth-order valence-corrected chi connectivity index (χ4v) is 2.09. The Hall–Kier alpha value is -2.10. The maximum absolute atomic E-state index is 4.46. The van der Waals surface area contributed by atoms with Crippen LogP contribution in [0, 0.1) is 13.8 Å². The van der Waals surface area contributed by atoms with Crippen molar-refractivity contribution in [2.45, 2.75) is 13.8 Å². The molecule has 2 aromatic rings. The minimum atomic E-state index is 0.927. The zero-order chi connectivity index (χ0) is 13.1. The fraction of sp³-hybridized carbons (Fsp3) is 0.286. The highest BCUT2D eigenvalue weighted by Crippen LogP contribution is 2.29. The highest BCUT2D eigenvalue weighted by Gasteiger charge is 2.12. The first-order chi connectivity index (χ1) is 8.69. The molecular weight excluding hydrogens is 224 g/mol. The number of hydrogen-bond donors (Lipinski definition) is 2. The monoisotopic (exact) mass is 242 g/mol. The van der Waals surface area contributed by atoms with Gasteiger partial charge in [-0.05, 0) is 26.0 Å². The van der Waals surface area contributed by atoms with Gasteiger partial charge in [0, 0.05) is 49.0 Å². The van der Waals surface area contributed by atoms with Crippen LogP contribution in [0.1, 0.15) is 11.1 Å². The van der Waals surface area contributed by atoms with Crippen molar-refractivity contribution in [1.29, 1.82) is 0 Å². The normalized spacial score (nSPS) is 10.2.